The number of amides is 2. The fraction of sp³-hybridized carbons (Fsp3) is 0.684. The smallest absolute Gasteiger partial charge is 0.317 e. The van der Waals surface area contributed by atoms with E-state index in [0.29, 0.717) is 31.8 Å². The maximum atomic E-state index is 12.4. The minimum absolute atomic E-state index is 0.0136. The Morgan fingerprint density at radius 3 is 2.62 bits per heavy atom. The predicted molar refractivity (Wildman–Crippen MR) is 95.6 cm³/mol. The Morgan fingerprint density at radius 2 is 2.04 bits per heavy atom. The molecule has 134 valence electrons. The van der Waals surface area contributed by atoms with Crippen molar-refractivity contribution < 1.29 is 9.90 Å². The number of pyridine rings is 1. The minimum Gasteiger partial charge on any atom is -0.385 e. The molecule has 2 rings (SSSR count). The van der Waals surface area contributed by atoms with Crippen molar-refractivity contribution in [1.29, 1.82) is 0 Å². The van der Waals surface area contributed by atoms with Gasteiger partial charge in [0, 0.05) is 37.1 Å². The summed E-state index contributed by atoms with van der Waals surface area (Å²) in [5, 5.41) is 13.9. The molecule has 0 aliphatic carbocycles. The number of nitrogens with zero attached hydrogens (tertiary/aromatic N) is 2. The van der Waals surface area contributed by atoms with Crippen molar-refractivity contribution in [1.82, 2.24) is 15.2 Å². The third-order valence-electron chi connectivity index (χ3n) is 4.87. The zero-order chi connectivity index (χ0) is 17.6. The van der Waals surface area contributed by atoms with Gasteiger partial charge >= 0.3 is 6.03 Å². The van der Waals surface area contributed by atoms with Crippen molar-refractivity contribution in [2.45, 2.75) is 64.5 Å². The van der Waals surface area contributed by atoms with E-state index in [9.17, 15) is 9.90 Å². The number of nitrogens with one attached hydrogen (secondary N) is 1. The summed E-state index contributed by atoms with van der Waals surface area (Å²) < 4.78 is 0. The second-order valence-corrected chi connectivity index (χ2v) is 7.44. The molecule has 2 amide bonds. The van der Waals surface area contributed by atoms with Crippen LogP contribution in [-0.4, -0.2) is 40.2 Å². The average molecular weight is 333 g/mol. The number of urea groups is 1. The number of hydrogen-bond donors (Lipinski definition) is 2. The lowest BCUT2D eigenvalue weighted by atomic mass is 9.85. The number of aromatic nitrogens is 1. The molecule has 0 radical (unpaired) electrons. The largest absolute Gasteiger partial charge is 0.385 e. The summed E-state index contributed by atoms with van der Waals surface area (Å²) in [6, 6.07) is 3.92. The van der Waals surface area contributed by atoms with Gasteiger partial charge in [-0.1, -0.05) is 32.8 Å². The molecule has 5 heteroatoms. The van der Waals surface area contributed by atoms with E-state index in [4.69, 9.17) is 0 Å². The molecule has 0 saturated carbocycles. The van der Waals surface area contributed by atoms with Gasteiger partial charge in [-0.2, -0.15) is 0 Å². The number of aliphatic hydroxyl groups is 1. The van der Waals surface area contributed by atoms with Crippen LogP contribution in [0, 0.1) is 5.92 Å². The number of carbonyl (C=O) groups excluding carboxylic acids is 1. The van der Waals surface area contributed by atoms with Crippen LogP contribution in [0.25, 0.3) is 0 Å². The molecule has 0 spiro atoms. The monoisotopic (exact) mass is 333 g/mol. The van der Waals surface area contributed by atoms with Crippen LogP contribution in [0.3, 0.4) is 0 Å². The van der Waals surface area contributed by atoms with Crippen LogP contribution in [0.5, 0.6) is 0 Å². The van der Waals surface area contributed by atoms with Crippen LogP contribution in [0.4, 0.5) is 4.79 Å². The van der Waals surface area contributed by atoms with Crippen LogP contribution in [0.1, 0.15) is 58.4 Å². The molecule has 1 aliphatic rings. The van der Waals surface area contributed by atoms with Crippen LogP contribution in [0.2, 0.25) is 0 Å². The number of carbonyl (C=O) groups is 1. The molecule has 1 aliphatic heterocycles. The molecule has 24 heavy (non-hydrogen) atoms. The van der Waals surface area contributed by atoms with Crippen LogP contribution in [-0.2, 0) is 5.60 Å². The quantitative estimate of drug-likeness (QED) is 0.839. The molecule has 1 aromatic rings. The molecule has 1 saturated heterocycles. The predicted octanol–water partition coefficient (Wildman–Crippen LogP) is 3.29. The molecule has 1 fully saturated rings. The zero-order valence-electron chi connectivity index (χ0n) is 15.2. The van der Waals surface area contributed by atoms with Gasteiger partial charge in [0.05, 0.1) is 5.60 Å². The maximum absolute atomic E-state index is 12.4. The van der Waals surface area contributed by atoms with Crippen molar-refractivity contribution >= 4 is 6.03 Å². The number of rotatable bonds is 6. The maximum Gasteiger partial charge on any atom is 0.317 e. The van der Waals surface area contributed by atoms with Crippen LogP contribution >= 0.6 is 0 Å². The highest BCUT2D eigenvalue weighted by molar-refractivity contribution is 5.74. The Hall–Kier alpha value is -1.62. The Morgan fingerprint density at radius 1 is 1.33 bits per heavy atom. The zero-order valence-corrected chi connectivity index (χ0v) is 15.2. The molecular formula is C19H31N3O2. The fourth-order valence-electron chi connectivity index (χ4n) is 3.21. The summed E-state index contributed by atoms with van der Waals surface area (Å²) in [5.74, 6) is 0.708. The highest BCUT2D eigenvalue weighted by Gasteiger charge is 2.35. The molecule has 0 bridgehead atoms. The molecule has 1 unspecified atom stereocenters. The first-order chi connectivity index (χ1) is 11.4. The van der Waals surface area contributed by atoms with E-state index in [1.807, 2.05) is 17.0 Å². The van der Waals surface area contributed by atoms with Gasteiger partial charge in [0.25, 0.3) is 0 Å². The lowest BCUT2D eigenvalue weighted by molar-refractivity contribution is -0.0172. The van der Waals surface area contributed by atoms with E-state index in [0.717, 1.165) is 18.4 Å². The molecule has 2 heterocycles. The van der Waals surface area contributed by atoms with Gasteiger partial charge in [-0.15, -0.1) is 0 Å². The second-order valence-electron chi connectivity index (χ2n) is 7.44. The van der Waals surface area contributed by atoms with Crippen molar-refractivity contribution in [2.24, 2.45) is 5.92 Å². The SMILES string of the molecule is CC(C)CCCC(C)NC(=O)N1CCC(O)(c2cccnc2)CC1. The molecule has 1 aromatic heterocycles. The lowest BCUT2D eigenvalue weighted by Gasteiger charge is -2.38. The lowest BCUT2D eigenvalue weighted by Crippen LogP contribution is -2.50. The fourth-order valence-corrected chi connectivity index (χ4v) is 3.21. The summed E-state index contributed by atoms with van der Waals surface area (Å²) in [5.41, 5.74) is -0.0272. The Kier molecular flexibility index (Phi) is 6.60. The summed E-state index contributed by atoms with van der Waals surface area (Å²) >= 11 is 0. The van der Waals surface area contributed by atoms with E-state index < -0.39 is 5.60 Å². The first-order valence-corrected chi connectivity index (χ1v) is 9.09. The van der Waals surface area contributed by atoms with Crippen molar-refractivity contribution in [3.8, 4) is 0 Å². The first-order valence-electron chi connectivity index (χ1n) is 9.09. The first kappa shape index (κ1) is 18.7. The van der Waals surface area contributed by atoms with Crippen LogP contribution in [0.15, 0.2) is 24.5 Å². The van der Waals surface area contributed by atoms with E-state index in [2.05, 4.69) is 31.1 Å². The number of likely N-dealkylation sites (tertiary alicyclic amines) is 1. The van der Waals surface area contributed by atoms with Crippen molar-refractivity contribution in [3.05, 3.63) is 30.1 Å². The average Bonchev–Trinajstić information content (AvgIpc) is 2.56. The van der Waals surface area contributed by atoms with Gasteiger partial charge in [0.2, 0.25) is 0 Å². The summed E-state index contributed by atoms with van der Waals surface area (Å²) in [6.07, 6.45) is 7.86. The van der Waals surface area contributed by atoms with E-state index in [1.54, 1.807) is 12.4 Å². The van der Waals surface area contributed by atoms with E-state index in [1.165, 1.54) is 6.42 Å². The summed E-state index contributed by atoms with van der Waals surface area (Å²) in [4.78, 5) is 18.3. The third kappa shape index (κ3) is 5.20. The number of hydrogen-bond acceptors (Lipinski definition) is 3. The Balaban J connectivity index is 1.78. The van der Waals surface area contributed by atoms with Gasteiger partial charge in [-0.25, -0.2) is 4.79 Å². The van der Waals surface area contributed by atoms with Gasteiger partial charge in [-0.3, -0.25) is 4.98 Å². The topological polar surface area (TPSA) is 65.5 Å². The van der Waals surface area contributed by atoms with Gasteiger partial charge in [-0.05, 0) is 38.2 Å². The standard InChI is InChI=1S/C19H31N3O2/c1-15(2)6-4-7-16(3)21-18(23)22-12-9-19(24,10-13-22)17-8-5-11-20-14-17/h5,8,11,14-16,24H,4,6-7,9-10,12-13H2,1-3H3,(H,21,23). The van der Waals surface area contributed by atoms with Crippen molar-refractivity contribution in [2.75, 3.05) is 13.1 Å². The second kappa shape index (κ2) is 8.47. The molecular weight excluding hydrogens is 302 g/mol. The number of piperidine rings is 1. The molecule has 5 nitrogen and oxygen atoms in total. The summed E-state index contributed by atoms with van der Waals surface area (Å²) in [7, 11) is 0. The molecule has 0 aromatic carbocycles. The van der Waals surface area contributed by atoms with Crippen molar-refractivity contribution in [3.63, 3.8) is 0 Å². The van der Waals surface area contributed by atoms with Gasteiger partial charge < -0.3 is 15.3 Å². The normalized spacial score (nSPS) is 18.5. The van der Waals surface area contributed by atoms with Crippen LogP contribution < -0.4 is 5.32 Å². The minimum atomic E-state index is -0.867. The van der Waals surface area contributed by atoms with Gasteiger partial charge in [0.15, 0.2) is 0 Å². The highest BCUT2D eigenvalue weighted by Crippen LogP contribution is 2.32. The molecule has 1 atom stereocenters. The van der Waals surface area contributed by atoms with E-state index >= 15 is 0 Å². The Labute approximate surface area is 145 Å². The third-order valence-corrected chi connectivity index (χ3v) is 4.87. The van der Waals surface area contributed by atoms with E-state index in [-0.39, 0.29) is 12.1 Å². The Bertz CT molecular complexity index is 511. The van der Waals surface area contributed by atoms with Gasteiger partial charge in [0.1, 0.15) is 0 Å². The molecule has 2 N–H and O–H groups in total. The summed E-state index contributed by atoms with van der Waals surface area (Å²) in [6.45, 7) is 7.64. The highest BCUT2D eigenvalue weighted by atomic mass is 16.3.